The van der Waals surface area contributed by atoms with Gasteiger partial charge in [0.2, 0.25) is 0 Å². The molecule has 0 radical (unpaired) electrons. The van der Waals surface area contributed by atoms with Crippen LogP contribution in [-0.4, -0.2) is 35.6 Å². The van der Waals surface area contributed by atoms with Gasteiger partial charge in [-0.3, -0.25) is 24.1 Å². The first kappa shape index (κ1) is 36.3. The van der Waals surface area contributed by atoms with E-state index in [0.717, 1.165) is 15.4 Å². The maximum absolute atomic E-state index is 15.7. The molecule has 0 saturated carbocycles. The van der Waals surface area contributed by atoms with Crippen LogP contribution in [0.2, 0.25) is 0 Å². The molecule has 7 aromatic rings. The van der Waals surface area contributed by atoms with Gasteiger partial charge < -0.3 is 14.0 Å². The van der Waals surface area contributed by atoms with Crippen molar-refractivity contribution in [2.45, 2.75) is 6.92 Å². The second-order valence-corrected chi connectivity index (χ2v) is 16.8. The molecule has 4 amide bonds. The number of nitrogens with zero attached hydrogens (tertiary/aromatic N) is 2. The molecule has 282 valence electrons. The van der Waals surface area contributed by atoms with E-state index in [9.17, 15) is 19.2 Å². The molecule has 2 aliphatic heterocycles. The third-order valence-corrected chi connectivity index (χ3v) is 13.5. The fraction of sp³-hybridized carbons (Fsp3) is 0.0417. The van der Waals surface area contributed by atoms with Crippen molar-refractivity contribution in [3.8, 4) is 34.1 Å². The number of amides is 4. The Morgan fingerprint density at radius 2 is 1.07 bits per heavy atom. The predicted octanol–water partition coefficient (Wildman–Crippen LogP) is 8.91. The van der Waals surface area contributed by atoms with E-state index in [1.807, 2.05) is 91.9 Å². The van der Waals surface area contributed by atoms with Gasteiger partial charge in [-0.25, -0.2) is 4.90 Å². The molecule has 0 saturated heterocycles. The van der Waals surface area contributed by atoms with E-state index in [1.165, 1.54) is 7.05 Å². The van der Waals surface area contributed by atoms with Gasteiger partial charge in [0, 0.05) is 17.7 Å². The summed E-state index contributed by atoms with van der Waals surface area (Å²) in [6.07, 6.45) is 0. The minimum Gasteiger partial charge on any atom is -0.457 e. The maximum Gasteiger partial charge on any atom is 0.266 e. The highest BCUT2D eigenvalue weighted by Gasteiger charge is 2.39. The fourth-order valence-electron chi connectivity index (χ4n) is 7.41. The Hall–Kier alpha value is -7.35. The van der Waals surface area contributed by atoms with Crippen molar-refractivity contribution < 1.29 is 33.2 Å². The number of benzene rings is 7. The summed E-state index contributed by atoms with van der Waals surface area (Å²) in [5.74, 6) is -0.0195. The van der Waals surface area contributed by atoms with E-state index >= 15 is 4.57 Å². The van der Waals surface area contributed by atoms with Gasteiger partial charge in [0.15, 0.2) is 7.14 Å². The molecule has 2 aliphatic rings. The molecule has 0 bridgehead atoms. The SMILES string of the molecule is Cc1ccc(Oc2ccc(Oc3ccc(N4C(=O)c5ccc(-c6cccc7c6C(=O)N(C)C7=O)cc5C4=O)cc3)c(P(=O)(c3ccccc3)c3ccccc3)c2)cc1. The highest BCUT2D eigenvalue weighted by Crippen LogP contribution is 2.47. The second-order valence-electron chi connectivity index (χ2n) is 14.0. The lowest BCUT2D eigenvalue weighted by atomic mass is 9.94. The van der Waals surface area contributed by atoms with Crippen molar-refractivity contribution in [2.24, 2.45) is 0 Å². The summed E-state index contributed by atoms with van der Waals surface area (Å²) in [7, 11) is -2.12. The zero-order chi connectivity index (χ0) is 40.1. The number of hydrogen-bond donors (Lipinski definition) is 0. The quantitative estimate of drug-likeness (QED) is 0.106. The van der Waals surface area contributed by atoms with E-state index in [1.54, 1.807) is 78.9 Å². The van der Waals surface area contributed by atoms with Gasteiger partial charge in [0.25, 0.3) is 23.6 Å². The summed E-state index contributed by atoms with van der Waals surface area (Å²) in [6, 6.07) is 47.8. The van der Waals surface area contributed by atoms with Crippen LogP contribution in [0.3, 0.4) is 0 Å². The van der Waals surface area contributed by atoms with Gasteiger partial charge in [-0.2, -0.15) is 0 Å². The van der Waals surface area contributed by atoms with Crippen molar-refractivity contribution in [1.29, 1.82) is 0 Å². The summed E-state index contributed by atoms with van der Waals surface area (Å²) in [5, 5.41) is 1.66. The number of fused-ring (bicyclic) bond motifs is 2. The summed E-state index contributed by atoms with van der Waals surface area (Å²) < 4.78 is 28.4. The third-order valence-electron chi connectivity index (χ3n) is 10.4. The van der Waals surface area contributed by atoms with Crippen molar-refractivity contribution in [3.05, 3.63) is 192 Å². The lowest BCUT2D eigenvalue weighted by molar-refractivity contribution is 0.0692. The molecule has 7 aromatic carbocycles. The number of imide groups is 2. The molecule has 9 rings (SSSR count). The molecule has 0 unspecified atom stereocenters. The fourth-order valence-corrected chi connectivity index (χ4v) is 10.2. The summed E-state index contributed by atoms with van der Waals surface area (Å²) in [6.45, 7) is 2.00. The summed E-state index contributed by atoms with van der Waals surface area (Å²) >= 11 is 0. The van der Waals surface area contributed by atoms with Crippen LogP contribution >= 0.6 is 7.14 Å². The number of aryl methyl sites for hydroxylation is 1. The minimum absolute atomic E-state index is 0.181. The van der Waals surface area contributed by atoms with Crippen LogP contribution in [0.5, 0.6) is 23.0 Å². The molecule has 0 spiro atoms. The first-order valence-electron chi connectivity index (χ1n) is 18.5. The van der Waals surface area contributed by atoms with E-state index in [4.69, 9.17) is 9.47 Å². The first-order chi connectivity index (χ1) is 28.1. The molecular weight excluding hydrogens is 748 g/mol. The Morgan fingerprint density at radius 3 is 1.74 bits per heavy atom. The largest absolute Gasteiger partial charge is 0.457 e. The second kappa shape index (κ2) is 14.3. The molecule has 0 N–H and O–H groups in total. The Balaban J connectivity index is 1.05. The van der Waals surface area contributed by atoms with E-state index in [2.05, 4.69) is 0 Å². The Bertz CT molecular complexity index is 2810. The van der Waals surface area contributed by atoms with Crippen LogP contribution in [0.15, 0.2) is 164 Å². The first-order valence-corrected chi connectivity index (χ1v) is 20.2. The van der Waals surface area contributed by atoms with Crippen LogP contribution in [0.1, 0.15) is 47.0 Å². The number of carbonyl (C=O) groups is 4. The highest BCUT2D eigenvalue weighted by atomic mass is 31.2. The zero-order valence-electron chi connectivity index (χ0n) is 31.3. The number of anilines is 1. The Morgan fingerprint density at radius 1 is 0.483 bits per heavy atom. The highest BCUT2D eigenvalue weighted by molar-refractivity contribution is 7.85. The smallest absolute Gasteiger partial charge is 0.266 e. The van der Waals surface area contributed by atoms with Gasteiger partial charge in [-0.1, -0.05) is 96.6 Å². The Labute approximate surface area is 334 Å². The number of hydrogen-bond acceptors (Lipinski definition) is 7. The summed E-state index contributed by atoms with van der Waals surface area (Å²) in [4.78, 5) is 55.3. The average Bonchev–Trinajstić information content (AvgIpc) is 3.64. The molecule has 2 heterocycles. The molecule has 0 aromatic heterocycles. The lowest BCUT2D eigenvalue weighted by Crippen LogP contribution is -2.29. The molecule has 58 heavy (non-hydrogen) atoms. The number of ether oxygens (including phenoxy) is 2. The van der Waals surface area contributed by atoms with Crippen LogP contribution in [0.4, 0.5) is 5.69 Å². The van der Waals surface area contributed by atoms with Crippen LogP contribution in [0, 0.1) is 6.92 Å². The van der Waals surface area contributed by atoms with E-state index < -0.39 is 30.8 Å². The standard InChI is InChI=1S/C48H33N2O7P/c1-30-16-21-33(22-17-30)56-35-25-27-42(43(29-35)58(55,36-10-5-3-6-11-36)37-12-7-4-8-13-37)57-34-23-19-32(20-24-34)50-46(52)39-26-18-31(28-41(39)47(50)53)38-14-9-15-40-44(38)48(54)49(2)45(40)51/h3-29H,1-2H3. The normalized spacial score (nSPS) is 13.5. The van der Waals surface area contributed by atoms with Crippen LogP contribution in [0.25, 0.3) is 11.1 Å². The van der Waals surface area contributed by atoms with E-state index in [-0.39, 0.29) is 16.7 Å². The molecular formula is C48H33N2O7P. The van der Waals surface area contributed by atoms with Crippen molar-refractivity contribution in [3.63, 3.8) is 0 Å². The van der Waals surface area contributed by atoms with Crippen LogP contribution < -0.4 is 30.3 Å². The topological polar surface area (TPSA) is 110 Å². The summed E-state index contributed by atoms with van der Waals surface area (Å²) in [5.41, 5.74) is 3.41. The number of rotatable bonds is 9. The molecule has 0 fully saturated rings. The zero-order valence-corrected chi connectivity index (χ0v) is 32.2. The van der Waals surface area contributed by atoms with Gasteiger partial charge in [-0.05, 0) is 90.8 Å². The van der Waals surface area contributed by atoms with Crippen LogP contribution in [-0.2, 0) is 4.57 Å². The number of carbonyl (C=O) groups excluding carboxylic acids is 4. The molecule has 9 nitrogen and oxygen atoms in total. The van der Waals surface area contributed by atoms with Gasteiger partial charge in [0.1, 0.15) is 23.0 Å². The molecule has 0 atom stereocenters. The Kier molecular flexibility index (Phi) is 8.95. The van der Waals surface area contributed by atoms with Crippen molar-refractivity contribution >= 4 is 52.4 Å². The maximum atomic E-state index is 15.7. The predicted molar refractivity (Wildman–Crippen MR) is 223 cm³/mol. The van der Waals surface area contributed by atoms with Gasteiger partial charge in [0.05, 0.1) is 33.2 Å². The van der Waals surface area contributed by atoms with Crippen molar-refractivity contribution in [1.82, 2.24) is 4.90 Å². The van der Waals surface area contributed by atoms with Crippen molar-refractivity contribution in [2.75, 3.05) is 11.9 Å². The minimum atomic E-state index is -3.55. The molecule has 10 heteroatoms. The third kappa shape index (κ3) is 6.09. The lowest BCUT2D eigenvalue weighted by Gasteiger charge is -2.23. The van der Waals surface area contributed by atoms with Gasteiger partial charge in [-0.15, -0.1) is 0 Å². The average molecular weight is 781 g/mol. The van der Waals surface area contributed by atoms with Gasteiger partial charge >= 0.3 is 0 Å². The van der Waals surface area contributed by atoms with E-state index in [0.29, 0.717) is 61.3 Å². The molecule has 0 aliphatic carbocycles. The monoisotopic (exact) mass is 780 g/mol.